The molecule has 2 aliphatic heterocycles. The van der Waals surface area contributed by atoms with Gasteiger partial charge >= 0.3 is 0 Å². The van der Waals surface area contributed by atoms with E-state index in [-0.39, 0.29) is 5.82 Å². The number of ether oxygens (including phenoxy) is 1. The number of halogens is 1. The average molecular weight is 447 g/mol. The molecular formula is C29H35FN2O. The number of hydrogen-bond acceptors (Lipinski definition) is 3. The van der Waals surface area contributed by atoms with E-state index in [1.165, 1.54) is 80.5 Å². The maximum Gasteiger partial charge on any atom is 0.123 e. The van der Waals surface area contributed by atoms with Gasteiger partial charge in [0.2, 0.25) is 0 Å². The van der Waals surface area contributed by atoms with Gasteiger partial charge in [-0.3, -0.25) is 4.90 Å². The topological polar surface area (TPSA) is 15.7 Å². The summed E-state index contributed by atoms with van der Waals surface area (Å²) in [4.78, 5) is 5.30. The fourth-order valence-electron chi connectivity index (χ4n) is 5.43. The second kappa shape index (κ2) is 10.8. The van der Waals surface area contributed by atoms with E-state index in [1.807, 2.05) is 12.1 Å². The molecule has 2 heterocycles. The first kappa shape index (κ1) is 22.5. The first-order valence-electron chi connectivity index (χ1n) is 12.5. The normalized spacial score (nSPS) is 20.6. The number of fused-ring (bicyclic) bond motifs is 1. The lowest BCUT2D eigenvalue weighted by Gasteiger charge is -2.33. The number of nitrogens with zero attached hydrogens (tertiary/aromatic N) is 2. The molecule has 0 bridgehead atoms. The van der Waals surface area contributed by atoms with Crippen LogP contribution >= 0.6 is 0 Å². The maximum absolute atomic E-state index is 13.0. The SMILES string of the molecule is Fc1ccc(COCC2CCN(CC3CCN(Cc4ccc5ccccc5c4)C3)CC2)cc1. The Bertz CT molecular complexity index is 1030. The summed E-state index contributed by atoms with van der Waals surface area (Å²) in [6.45, 7) is 8.49. The summed E-state index contributed by atoms with van der Waals surface area (Å²) in [5.74, 6) is 1.25. The molecule has 0 spiro atoms. The Hall–Kier alpha value is -2.27. The van der Waals surface area contributed by atoms with E-state index in [2.05, 4.69) is 52.3 Å². The fourth-order valence-corrected chi connectivity index (χ4v) is 5.43. The molecule has 4 heteroatoms. The molecule has 2 saturated heterocycles. The Morgan fingerprint density at radius 2 is 1.45 bits per heavy atom. The molecule has 1 unspecified atom stereocenters. The standard InChI is InChI=1S/C29H35FN2O/c30-29-9-6-23(7-10-29)21-33-22-24-11-14-31(15-12-24)19-26-13-16-32(20-26)18-25-5-8-27-3-1-2-4-28(27)17-25/h1-10,17,24,26H,11-16,18-22H2. The van der Waals surface area contributed by atoms with E-state index in [4.69, 9.17) is 4.74 Å². The summed E-state index contributed by atoms with van der Waals surface area (Å²) < 4.78 is 18.9. The molecule has 0 aromatic heterocycles. The van der Waals surface area contributed by atoms with Crippen molar-refractivity contribution >= 4 is 10.8 Å². The Balaban J connectivity index is 1.01. The summed E-state index contributed by atoms with van der Waals surface area (Å²) in [7, 11) is 0. The molecule has 0 radical (unpaired) electrons. The van der Waals surface area contributed by atoms with E-state index in [1.54, 1.807) is 0 Å². The average Bonchev–Trinajstić information content (AvgIpc) is 3.28. The van der Waals surface area contributed by atoms with Gasteiger partial charge in [0.25, 0.3) is 0 Å². The summed E-state index contributed by atoms with van der Waals surface area (Å²) in [6.07, 6.45) is 3.75. The third kappa shape index (κ3) is 6.20. The van der Waals surface area contributed by atoms with Crippen molar-refractivity contribution in [1.82, 2.24) is 9.80 Å². The van der Waals surface area contributed by atoms with E-state index >= 15 is 0 Å². The van der Waals surface area contributed by atoms with Crippen molar-refractivity contribution < 1.29 is 9.13 Å². The van der Waals surface area contributed by atoms with Crippen LogP contribution < -0.4 is 0 Å². The van der Waals surface area contributed by atoms with Gasteiger partial charge < -0.3 is 9.64 Å². The van der Waals surface area contributed by atoms with E-state index in [0.717, 1.165) is 24.6 Å². The van der Waals surface area contributed by atoms with Gasteiger partial charge in [-0.15, -0.1) is 0 Å². The van der Waals surface area contributed by atoms with Crippen LogP contribution in [0.4, 0.5) is 4.39 Å². The molecule has 33 heavy (non-hydrogen) atoms. The van der Waals surface area contributed by atoms with Gasteiger partial charge in [0.15, 0.2) is 0 Å². The number of hydrogen-bond donors (Lipinski definition) is 0. The van der Waals surface area contributed by atoms with Crippen molar-refractivity contribution in [1.29, 1.82) is 0 Å². The molecule has 0 saturated carbocycles. The lowest BCUT2D eigenvalue weighted by atomic mass is 9.96. The van der Waals surface area contributed by atoms with Crippen LogP contribution in [0.1, 0.15) is 30.4 Å². The lowest BCUT2D eigenvalue weighted by molar-refractivity contribution is 0.0546. The second-order valence-corrected chi connectivity index (χ2v) is 9.96. The molecular weight excluding hydrogens is 411 g/mol. The van der Waals surface area contributed by atoms with Gasteiger partial charge in [-0.25, -0.2) is 4.39 Å². The number of likely N-dealkylation sites (tertiary alicyclic amines) is 2. The highest BCUT2D eigenvalue weighted by molar-refractivity contribution is 5.82. The van der Waals surface area contributed by atoms with Crippen LogP contribution in [0.25, 0.3) is 10.8 Å². The van der Waals surface area contributed by atoms with E-state index in [0.29, 0.717) is 12.5 Å². The fraction of sp³-hybridized carbons (Fsp3) is 0.448. The zero-order valence-electron chi connectivity index (χ0n) is 19.5. The van der Waals surface area contributed by atoms with Crippen LogP contribution in [0.15, 0.2) is 66.7 Å². The monoisotopic (exact) mass is 446 g/mol. The lowest BCUT2D eigenvalue weighted by Crippen LogP contribution is -2.38. The Labute approximate surface area is 197 Å². The molecule has 5 rings (SSSR count). The van der Waals surface area contributed by atoms with E-state index < -0.39 is 0 Å². The van der Waals surface area contributed by atoms with Crippen molar-refractivity contribution in [2.45, 2.75) is 32.4 Å². The highest BCUT2D eigenvalue weighted by Gasteiger charge is 2.27. The molecule has 1 atom stereocenters. The second-order valence-electron chi connectivity index (χ2n) is 9.96. The first-order chi connectivity index (χ1) is 16.2. The summed E-state index contributed by atoms with van der Waals surface area (Å²) in [5, 5.41) is 2.67. The molecule has 2 aliphatic rings. The van der Waals surface area contributed by atoms with Crippen LogP contribution in [0.5, 0.6) is 0 Å². The maximum atomic E-state index is 13.0. The third-order valence-electron chi connectivity index (χ3n) is 7.35. The van der Waals surface area contributed by atoms with Crippen LogP contribution in [-0.4, -0.2) is 49.1 Å². The van der Waals surface area contributed by atoms with Gasteiger partial charge in [-0.1, -0.05) is 48.5 Å². The van der Waals surface area contributed by atoms with Crippen LogP contribution in [0, 0.1) is 17.7 Å². The minimum absolute atomic E-state index is 0.190. The van der Waals surface area contributed by atoms with Gasteiger partial charge in [-0.05, 0) is 90.8 Å². The van der Waals surface area contributed by atoms with Gasteiger partial charge in [0.1, 0.15) is 5.82 Å². The smallest absolute Gasteiger partial charge is 0.123 e. The number of rotatable bonds is 8. The summed E-state index contributed by atoms with van der Waals surface area (Å²) in [5.41, 5.74) is 2.47. The zero-order valence-corrected chi connectivity index (χ0v) is 19.5. The Morgan fingerprint density at radius 1 is 0.758 bits per heavy atom. The van der Waals surface area contributed by atoms with Gasteiger partial charge in [-0.2, -0.15) is 0 Å². The predicted molar refractivity (Wildman–Crippen MR) is 133 cm³/mol. The molecule has 3 nitrogen and oxygen atoms in total. The molecule has 174 valence electrons. The van der Waals surface area contributed by atoms with Crippen molar-refractivity contribution in [3.05, 3.63) is 83.7 Å². The van der Waals surface area contributed by atoms with Crippen LogP contribution in [0.3, 0.4) is 0 Å². The predicted octanol–water partition coefficient (Wildman–Crippen LogP) is 5.73. The first-order valence-corrected chi connectivity index (χ1v) is 12.5. The van der Waals surface area contributed by atoms with Crippen molar-refractivity contribution in [3.8, 4) is 0 Å². The van der Waals surface area contributed by atoms with E-state index in [9.17, 15) is 4.39 Å². The highest BCUT2D eigenvalue weighted by atomic mass is 19.1. The van der Waals surface area contributed by atoms with Crippen molar-refractivity contribution in [2.24, 2.45) is 11.8 Å². The molecule has 0 N–H and O–H groups in total. The van der Waals surface area contributed by atoms with Gasteiger partial charge in [0, 0.05) is 26.2 Å². The molecule has 3 aromatic rings. The van der Waals surface area contributed by atoms with Crippen LogP contribution in [-0.2, 0) is 17.9 Å². The largest absolute Gasteiger partial charge is 0.376 e. The number of benzene rings is 3. The Kier molecular flexibility index (Phi) is 7.35. The quantitative estimate of drug-likeness (QED) is 0.440. The zero-order chi connectivity index (χ0) is 22.5. The number of piperidine rings is 1. The summed E-state index contributed by atoms with van der Waals surface area (Å²) in [6, 6.07) is 22.2. The molecule has 3 aromatic carbocycles. The molecule has 2 fully saturated rings. The minimum Gasteiger partial charge on any atom is -0.376 e. The van der Waals surface area contributed by atoms with Crippen molar-refractivity contribution in [3.63, 3.8) is 0 Å². The summed E-state index contributed by atoms with van der Waals surface area (Å²) >= 11 is 0. The minimum atomic E-state index is -0.190. The molecule has 0 amide bonds. The Morgan fingerprint density at radius 3 is 2.27 bits per heavy atom. The van der Waals surface area contributed by atoms with Crippen LogP contribution in [0.2, 0.25) is 0 Å². The van der Waals surface area contributed by atoms with Gasteiger partial charge in [0.05, 0.1) is 6.61 Å². The van der Waals surface area contributed by atoms with Crippen molar-refractivity contribution in [2.75, 3.05) is 39.3 Å². The highest BCUT2D eigenvalue weighted by Crippen LogP contribution is 2.24. The third-order valence-corrected chi connectivity index (χ3v) is 7.35. The molecule has 0 aliphatic carbocycles.